The van der Waals surface area contributed by atoms with Crippen LogP contribution in [0.5, 0.6) is 0 Å². The molecule has 1 aliphatic heterocycles. The van der Waals surface area contributed by atoms with Crippen LogP contribution in [0, 0.1) is 12.8 Å². The maximum atomic E-state index is 3.40. The molecule has 2 nitrogen and oxygen atoms in total. The molecule has 0 aliphatic carbocycles. The quantitative estimate of drug-likeness (QED) is 0.855. The van der Waals surface area contributed by atoms with Gasteiger partial charge in [0.05, 0.1) is 0 Å². The molecule has 0 spiro atoms. The summed E-state index contributed by atoms with van der Waals surface area (Å²) in [5.74, 6) is 0.840. The van der Waals surface area contributed by atoms with Gasteiger partial charge in [-0.3, -0.25) is 0 Å². The van der Waals surface area contributed by atoms with Crippen molar-refractivity contribution in [3.8, 4) is 0 Å². The van der Waals surface area contributed by atoms with Crippen molar-refractivity contribution in [1.82, 2.24) is 9.88 Å². The Morgan fingerprint density at radius 2 is 2.22 bits per heavy atom. The summed E-state index contributed by atoms with van der Waals surface area (Å²) >= 11 is 0. The van der Waals surface area contributed by atoms with Crippen molar-refractivity contribution in [2.45, 2.75) is 32.7 Å². The molecule has 2 aromatic rings. The Labute approximate surface area is 109 Å². The van der Waals surface area contributed by atoms with Crippen LogP contribution in [0.25, 0.3) is 10.9 Å². The Kier molecular flexibility index (Phi) is 2.90. The molecule has 2 heterocycles. The van der Waals surface area contributed by atoms with Crippen molar-refractivity contribution < 1.29 is 0 Å². The fourth-order valence-corrected chi connectivity index (χ4v) is 3.31. The van der Waals surface area contributed by atoms with Crippen molar-refractivity contribution in [2.24, 2.45) is 5.92 Å². The number of hydrogen-bond acceptors (Lipinski definition) is 1. The maximum absolute atomic E-state index is 3.40. The van der Waals surface area contributed by atoms with Gasteiger partial charge in [-0.25, -0.2) is 0 Å². The minimum atomic E-state index is 0.708. The van der Waals surface area contributed by atoms with Crippen LogP contribution in [0.15, 0.2) is 24.4 Å². The van der Waals surface area contributed by atoms with Gasteiger partial charge < -0.3 is 9.88 Å². The number of hydrogen-bond donors (Lipinski definition) is 1. The second kappa shape index (κ2) is 4.43. The number of fused-ring (bicyclic) bond motifs is 1. The second-order valence-corrected chi connectivity index (χ2v) is 6.00. The first-order chi connectivity index (χ1) is 8.63. The summed E-state index contributed by atoms with van der Waals surface area (Å²) in [5.41, 5.74) is 4.08. The molecule has 18 heavy (non-hydrogen) atoms. The average molecular weight is 242 g/mol. The van der Waals surface area contributed by atoms with Crippen molar-refractivity contribution in [3.05, 3.63) is 35.5 Å². The minimum Gasteiger partial charge on any atom is -0.361 e. The van der Waals surface area contributed by atoms with Crippen molar-refractivity contribution in [2.75, 3.05) is 13.6 Å². The lowest BCUT2D eigenvalue weighted by Crippen LogP contribution is -2.26. The van der Waals surface area contributed by atoms with Crippen LogP contribution in [0.3, 0.4) is 0 Å². The fraction of sp³-hybridized carbons (Fsp3) is 0.500. The Bertz CT molecular complexity index is 555. The molecule has 1 aliphatic rings. The van der Waals surface area contributed by atoms with Crippen molar-refractivity contribution in [1.29, 1.82) is 0 Å². The van der Waals surface area contributed by atoms with E-state index in [2.05, 4.69) is 55.2 Å². The molecule has 2 atom stereocenters. The normalized spacial score (nSPS) is 25.1. The molecular formula is C16H22N2. The van der Waals surface area contributed by atoms with Gasteiger partial charge in [0, 0.05) is 29.7 Å². The highest BCUT2D eigenvalue weighted by Gasteiger charge is 2.27. The number of likely N-dealkylation sites (tertiary alicyclic amines) is 1. The Morgan fingerprint density at radius 3 is 2.94 bits per heavy atom. The fourth-order valence-electron chi connectivity index (χ4n) is 3.31. The third-order valence-corrected chi connectivity index (χ3v) is 4.28. The van der Waals surface area contributed by atoms with Gasteiger partial charge in [0.2, 0.25) is 0 Å². The van der Waals surface area contributed by atoms with E-state index < -0.39 is 0 Å². The zero-order valence-electron chi connectivity index (χ0n) is 11.5. The standard InChI is InChI=1S/C16H22N2/c1-11-4-5-16-15(7-11)13(9-17-16)8-14-6-12(2)10-18(14)3/h4-5,7,9,12,14,17H,6,8,10H2,1-3H3. The molecular weight excluding hydrogens is 220 g/mol. The molecule has 0 amide bonds. The third-order valence-electron chi connectivity index (χ3n) is 4.28. The van der Waals surface area contributed by atoms with Crippen LogP contribution < -0.4 is 0 Å². The predicted molar refractivity (Wildman–Crippen MR) is 76.9 cm³/mol. The molecule has 0 saturated carbocycles. The number of aryl methyl sites for hydroxylation is 1. The molecule has 0 radical (unpaired) electrons. The van der Waals surface area contributed by atoms with Gasteiger partial charge in [0.15, 0.2) is 0 Å². The van der Waals surface area contributed by atoms with Crippen LogP contribution in [-0.4, -0.2) is 29.5 Å². The smallest absolute Gasteiger partial charge is 0.0456 e. The Hall–Kier alpha value is -1.28. The molecule has 2 heteroatoms. The van der Waals surface area contributed by atoms with E-state index in [1.54, 1.807) is 0 Å². The van der Waals surface area contributed by atoms with E-state index >= 15 is 0 Å². The number of nitrogens with zero attached hydrogens (tertiary/aromatic N) is 1. The SMILES string of the molecule is Cc1ccc2[nH]cc(CC3CC(C)CN3C)c2c1. The highest BCUT2D eigenvalue weighted by molar-refractivity contribution is 5.83. The van der Waals surface area contributed by atoms with Gasteiger partial charge in [0.25, 0.3) is 0 Å². The maximum Gasteiger partial charge on any atom is 0.0456 e. The zero-order valence-corrected chi connectivity index (χ0v) is 11.5. The van der Waals surface area contributed by atoms with E-state index in [9.17, 15) is 0 Å². The lowest BCUT2D eigenvalue weighted by atomic mass is 10.00. The summed E-state index contributed by atoms with van der Waals surface area (Å²) in [6, 6.07) is 7.38. The molecule has 1 N–H and O–H groups in total. The Balaban J connectivity index is 1.88. The van der Waals surface area contributed by atoms with E-state index in [0.717, 1.165) is 5.92 Å². The third kappa shape index (κ3) is 2.05. The average Bonchev–Trinajstić information content (AvgIpc) is 2.84. The largest absolute Gasteiger partial charge is 0.361 e. The van der Waals surface area contributed by atoms with Crippen molar-refractivity contribution >= 4 is 10.9 Å². The molecule has 1 aromatic heterocycles. The minimum absolute atomic E-state index is 0.708. The number of aromatic amines is 1. The second-order valence-electron chi connectivity index (χ2n) is 6.00. The van der Waals surface area contributed by atoms with Gasteiger partial charge >= 0.3 is 0 Å². The molecule has 2 unspecified atom stereocenters. The molecule has 1 saturated heterocycles. The first-order valence-corrected chi connectivity index (χ1v) is 6.90. The zero-order chi connectivity index (χ0) is 12.7. The summed E-state index contributed by atoms with van der Waals surface area (Å²) in [6.45, 7) is 5.77. The van der Waals surface area contributed by atoms with E-state index in [4.69, 9.17) is 0 Å². The summed E-state index contributed by atoms with van der Waals surface area (Å²) in [5, 5.41) is 1.41. The van der Waals surface area contributed by atoms with Gasteiger partial charge in [-0.15, -0.1) is 0 Å². The van der Waals surface area contributed by atoms with Crippen molar-refractivity contribution in [3.63, 3.8) is 0 Å². The molecule has 1 aromatic carbocycles. The number of benzene rings is 1. The highest BCUT2D eigenvalue weighted by Crippen LogP contribution is 2.27. The van der Waals surface area contributed by atoms with E-state index in [0.29, 0.717) is 6.04 Å². The molecule has 3 rings (SSSR count). The highest BCUT2D eigenvalue weighted by atomic mass is 15.1. The Morgan fingerprint density at radius 1 is 1.39 bits per heavy atom. The molecule has 0 bridgehead atoms. The number of nitrogens with one attached hydrogen (secondary N) is 1. The summed E-state index contributed by atoms with van der Waals surface area (Å²) in [7, 11) is 2.26. The number of aromatic nitrogens is 1. The summed E-state index contributed by atoms with van der Waals surface area (Å²) in [6.07, 6.45) is 4.69. The lowest BCUT2D eigenvalue weighted by Gasteiger charge is -2.18. The van der Waals surface area contributed by atoms with Gasteiger partial charge in [-0.05, 0) is 50.4 Å². The van der Waals surface area contributed by atoms with Crippen LogP contribution in [0.1, 0.15) is 24.5 Å². The van der Waals surface area contributed by atoms with Gasteiger partial charge in [0.1, 0.15) is 0 Å². The van der Waals surface area contributed by atoms with E-state index in [1.165, 1.54) is 41.4 Å². The van der Waals surface area contributed by atoms with Gasteiger partial charge in [-0.2, -0.15) is 0 Å². The number of H-pyrrole nitrogens is 1. The first-order valence-electron chi connectivity index (χ1n) is 6.90. The molecule has 1 fully saturated rings. The number of rotatable bonds is 2. The van der Waals surface area contributed by atoms with Crippen LogP contribution in [0.4, 0.5) is 0 Å². The predicted octanol–water partition coefficient (Wildman–Crippen LogP) is 3.36. The van der Waals surface area contributed by atoms with Crippen LogP contribution >= 0.6 is 0 Å². The summed E-state index contributed by atoms with van der Waals surface area (Å²) in [4.78, 5) is 5.91. The van der Waals surface area contributed by atoms with Gasteiger partial charge in [-0.1, -0.05) is 18.6 Å². The van der Waals surface area contributed by atoms with Crippen LogP contribution in [0.2, 0.25) is 0 Å². The van der Waals surface area contributed by atoms with Crippen LogP contribution in [-0.2, 0) is 6.42 Å². The topological polar surface area (TPSA) is 19.0 Å². The summed E-state index contributed by atoms with van der Waals surface area (Å²) < 4.78 is 0. The first kappa shape index (κ1) is 11.8. The lowest BCUT2D eigenvalue weighted by molar-refractivity contribution is 0.307. The molecule has 96 valence electrons. The van der Waals surface area contributed by atoms with E-state index in [-0.39, 0.29) is 0 Å². The number of likely N-dealkylation sites (N-methyl/N-ethyl adjacent to an activating group) is 1. The van der Waals surface area contributed by atoms with E-state index in [1.807, 2.05) is 0 Å². The monoisotopic (exact) mass is 242 g/mol.